The van der Waals surface area contributed by atoms with E-state index in [1.807, 2.05) is 13.8 Å². The molecule has 15 heavy (non-hydrogen) atoms. The number of rotatable bonds is 7. The number of likely N-dealkylation sites (N-methyl/N-ethyl adjacent to an activating group) is 1. The number of ether oxygens (including phenoxy) is 2. The molecule has 0 atom stereocenters. The maximum absolute atomic E-state index is 11.0. The van der Waals surface area contributed by atoms with Gasteiger partial charge in [-0.3, -0.25) is 0 Å². The highest BCUT2D eigenvalue weighted by Gasteiger charge is 2.06. The van der Waals surface area contributed by atoms with Crippen LogP contribution in [0.4, 0.5) is 4.79 Å². The first-order valence-corrected chi connectivity index (χ1v) is 5.62. The summed E-state index contributed by atoms with van der Waals surface area (Å²) < 4.78 is 9.80. The van der Waals surface area contributed by atoms with Gasteiger partial charge in [-0.15, -0.1) is 0 Å². The molecule has 90 valence electrons. The van der Waals surface area contributed by atoms with Crippen molar-refractivity contribution in [2.45, 2.75) is 27.7 Å². The van der Waals surface area contributed by atoms with Crippen molar-refractivity contribution in [3.8, 4) is 0 Å². The minimum absolute atomic E-state index is 0.348. The predicted molar refractivity (Wildman–Crippen MR) is 59.9 cm³/mol. The highest BCUT2D eigenvalue weighted by atomic mass is 16.7. The van der Waals surface area contributed by atoms with Crippen LogP contribution < -0.4 is 0 Å². The Labute approximate surface area is 92.5 Å². The molecular formula is C11H23NO3. The van der Waals surface area contributed by atoms with Crippen LogP contribution in [0, 0.1) is 5.92 Å². The van der Waals surface area contributed by atoms with E-state index in [-0.39, 0.29) is 0 Å². The van der Waals surface area contributed by atoms with Crippen molar-refractivity contribution in [1.29, 1.82) is 0 Å². The topological polar surface area (TPSA) is 38.8 Å². The normalized spacial score (nSPS) is 10.8. The van der Waals surface area contributed by atoms with Gasteiger partial charge in [-0.25, -0.2) is 4.79 Å². The molecule has 0 aromatic heterocycles. The number of nitrogens with zero attached hydrogens (tertiary/aromatic N) is 1. The summed E-state index contributed by atoms with van der Waals surface area (Å²) in [5.74, 6) is 0.348. The Bertz CT molecular complexity index is 167. The van der Waals surface area contributed by atoms with Gasteiger partial charge in [-0.1, -0.05) is 27.7 Å². The Morgan fingerprint density at radius 1 is 1.20 bits per heavy atom. The zero-order valence-electron chi connectivity index (χ0n) is 10.3. The lowest BCUT2D eigenvalue weighted by Crippen LogP contribution is -2.28. The molecular weight excluding hydrogens is 194 g/mol. The third kappa shape index (κ3) is 8.24. The molecule has 0 aromatic rings. The molecule has 0 heterocycles. The second-order valence-corrected chi connectivity index (χ2v) is 3.83. The van der Waals surface area contributed by atoms with E-state index in [2.05, 4.69) is 18.7 Å². The second kappa shape index (κ2) is 8.53. The van der Waals surface area contributed by atoms with Gasteiger partial charge >= 0.3 is 6.16 Å². The van der Waals surface area contributed by atoms with Gasteiger partial charge in [0.25, 0.3) is 0 Å². The summed E-state index contributed by atoms with van der Waals surface area (Å²) in [6.45, 7) is 11.7. The standard InChI is InChI=1S/C11H23NO3/c1-5-12(6-2)7-8-14-11(13)15-9-10(3)4/h10H,5-9H2,1-4H3. The van der Waals surface area contributed by atoms with E-state index in [1.54, 1.807) is 0 Å². The molecule has 0 saturated carbocycles. The van der Waals surface area contributed by atoms with E-state index in [0.29, 0.717) is 19.1 Å². The van der Waals surface area contributed by atoms with E-state index in [0.717, 1.165) is 19.6 Å². The van der Waals surface area contributed by atoms with Crippen LogP contribution in [-0.2, 0) is 9.47 Å². The first kappa shape index (κ1) is 14.2. The van der Waals surface area contributed by atoms with Gasteiger partial charge in [0.1, 0.15) is 6.61 Å². The summed E-state index contributed by atoms with van der Waals surface area (Å²) in [6, 6.07) is 0. The second-order valence-electron chi connectivity index (χ2n) is 3.83. The Morgan fingerprint density at radius 2 is 1.80 bits per heavy atom. The van der Waals surface area contributed by atoms with Gasteiger partial charge in [0.2, 0.25) is 0 Å². The van der Waals surface area contributed by atoms with E-state index >= 15 is 0 Å². The monoisotopic (exact) mass is 217 g/mol. The molecule has 0 aliphatic carbocycles. The van der Waals surface area contributed by atoms with Crippen molar-refractivity contribution in [2.75, 3.05) is 32.8 Å². The van der Waals surface area contributed by atoms with Crippen LogP contribution in [0.15, 0.2) is 0 Å². The SMILES string of the molecule is CCN(CC)CCOC(=O)OCC(C)C. The maximum Gasteiger partial charge on any atom is 0.508 e. The molecule has 0 unspecified atom stereocenters. The molecule has 0 aliphatic rings. The molecule has 0 N–H and O–H groups in total. The lowest BCUT2D eigenvalue weighted by atomic mass is 10.2. The highest BCUT2D eigenvalue weighted by Crippen LogP contribution is 1.95. The first-order chi connectivity index (χ1) is 7.10. The number of carbonyl (C=O) groups is 1. The third-order valence-electron chi connectivity index (χ3n) is 2.06. The van der Waals surface area contributed by atoms with Crippen LogP contribution >= 0.6 is 0 Å². The molecule has 0 spiro atoms. The van der Waals surface area contributed by atoms with Crippen LogP contribution in [0.1, 0.15) is 27.7 Å². The first-order valence-electron chi connectivity index (χ1n) is 5.62. The van der Waals surface area contributed by atoms with E-state index in [9.17, 15) is 4.79 Å². The minimum atomic E-state index is -0.559. The van der Waals surface area contributed by atoms with Gasteiger partial charge in [0.15, 0.2) is 0 Å². The Hall–Kier alpha value is -0.770. The summed E-state index contributed by atoms with van der Waals surface area (Å²) in [5.41, 5.74) is 0. The van der Waals surface area contributed by atoms with Crippen molar-refractivity contribution in [1.82, 2.24) is 4.90 Å². The molecule has 0 aromatic carbocycles. The van der Waals surface area contributed by atoms with Crippen molar-refractivity contribution in [3.63, 3.8) is 0 Å². The Kier molecular flexibility index (Phi) is 8.09. The average molecular weight is 217 g/mol. The fourth-order valence-corrected chi connectivity index (χ4v) is 1.07. The third-order valence-corrected chi connectivity index (χ3v) is 2.06. The van der Waals surface area contributed by atoms with Crippen LogP contribution in [0.2, 0.25) is 0 Å². The number of hydrogen-bond donors (Lipinski definition) is 0. The Balaban J connectivity index is 3.46. The van der Waals surface area contributed by atoms with E-state index in [4.69, 9.17) is 9.47 Å². The summed E-state index contributed by atoms with van der Waals surface area (Å²) in [5, 5.41) is 0. The van der Waals surface area contributed by atoms with Crippen molar-refractivity contribution in [2.24, 2.45) is 5.92 Å². The van der Waals surface area contributed by atoms with Gasteiger partial charge in [0.05, 0.1) is 6.61 Å². The average Bonchev–Trinajstić information content (AvgIpc) is 2.21. The fourth-order valence-electron chi connectivity index (χ4n) is 1.07. The predicted octanol–water partition coefficient (Wildman–Crippen LogP) is 2.14. The fraction of sp³-hybridized carbons (Fsp3) is 0.909. The Morgan fingerprint density at radius 3 is 2.27 bits per heavy atom. The van der Waals surface area contributed by atoms with Gasteiger partial charge in [0, 0.05) is 6.54 Å². The van der Waals surface area contributed by atoms with Crippen molar-refractivity contribution in [3.05, 3.63) is 0 Å². The molecule has 4 nitrogen and oxygen atoms in total. The molecule has 0 aliphatic heterocycles. The zero-order valence-corrected chi connectivity index (χ0v) is 10.3. The molecule has 4 heteroatoms. The van der Waals surface area contributed by atoms with Gasteiger partial charge < -0.3 is 14.4 Å². The summed E-state index contributed by atoms with van der Waals surface area (Å²) in [6.07, 6.45) is -0.559. The summed E-state index contributed by atoms with van der Waals surface area (Å²) in [7, 11) is 0. The quantitative estimate of drug-likeness (QED) is 0.612. The molecule has 0 radical (unpaired) electrons. The molecule has 0 saturated heterocycles. The molecule has 0 bridgehead atoms. The van der Waals surface area contributed by atoms with Crippen LogP contribution in [0.25, 0.3) is 0 Å². The number of hydrogen-bond acceptors (Lipinski definition) is 4. The lowest BCUT2D eigenvalue weighted by Gasteiger charge is -2.17. The lowest BCUT2D eigenvalue weighted by molar-refractivity contribution is 0.0417. The van der Waals surface area contributed by atoms with Crippen molar-refractivity contribution >= 4 is 6.16 Å². The van der Waals surface area contributed by atoms with Crippen LogP contribution in [-0.4, -0.2) is 43.9 Å². The smallest absolute Gasteiger partial charge is 0.434 e. The van der Waals surface area contributed by atoms with Crippen molar-refractivity contribution < 1.29 is 14.3 Å². The summed E-state index contributed by atoms with van der Waals surface area (Å²) >= 11 is 0. The summed E-state index contributed by atoms with van der Waals surface area (Å²) in [4.78, 5) is 13.2. The number of carbonyl (C=O) groups excluding carboxylic acids is 1. The largest absolute Gasteiger partial charge is 0.508 e. The molecule has 0 fully saturated rings. The van der Waals surface area contributed by atoms with E-state index < -0.39 is 6.16 Å². The highest BCUT2D eigenvalue weighted by molar-refractivity contribution is 5.59. The maximum atomic E-state index is 11.0. The molecule has 0 rings (SSSR count). The minimum Gasteiger partial charge on any atom is -0.434 e. The van der Waals surface area contributed by atoms with Gasteiger partial charge in [-0.05, 0) is 19.0 Å². The van der Waals surface area contributed by atoms with E-state index in [1.165, 1.54) is 0 Å². The van der Waals surface area contributed by atoms with Crippen LogP contribution in [0.3, 0.4) is 0 Å². The van der Waals surface area contributed by atoms with Gasteiger partial charge in [-0.2, -0.15) is 0 Å². The van der Waals surface area contributed by atoms with Crippen LogP contribution in [0.5, 0.6) is 0 Å². The zero-order chi connectivity index (χ0) is 11.7. The molecule has 0 amide bonds.